The first-order chi connectivity index (χ1) is 10.1. The Morgan fingerprint density at radius 1 is 1.19 bits per heavy atom. The van der Waals surface area contributed by atoms with E-state index in [1.807, 2.05) is 0 Å². The summed E-state index contributed by atoms with van der Waals surface area (Å²) in [6.07, 6.45) is -0.138. The standard InChI is InChI=1S/C16H15FO4/c1-20-13-7-6-12(14(17)9-13)10-21-15-5-3-2-4-11(15)8-16(18)19/h2-7,9H,8,10H2,1H3,(H,18,19). The summed E-state index contributed by atoms with van der Waals surface area (Å²) in [5.74, 6) is -0.496. The van der Waals surface area contributed by atoms with Gasteiger partial charge in [-0.25, -0.2) is 4.39 Å². The van der Waals surface area contributed by atoms with E-state index in [9.17, 15) is 9.18 Å². The zero-order valence-electron chi connectivity index (χ0n) is 11.5. The average molecular weight is 290 g/mol. The molecule has 0 aliphatic heterocycles. The summed E-state index contributed by atoms with van der Waals surface area (Å²) >= 11 is 0. The third kappa shape index (κ3) is 3.95. The maximum absolute atomic E-state index is 13.8. The Labute approximate surface area is 121 Å². The summed E-state index contributed by atoms with van der Waals surface area (Å²) in [6, 6.07) is 11.3. The zero-order valence-corrected chi connectivity index (χ0v) is 11.5. The molecule has 2 rings (SSSR count). The number of methoxy groups -OCH3 is 1. The van der Waals surface area contributed by atoms with Crippen molar-refractivity contribution in [3.63, 3.8) is 0 Å². The van der Waals surface area contributed by atoms with E-state index in [1.165, 1.54) is 13.2 Å². The Kier molecular flexibility index (Phi) is 4.77. The van der Waals surface area contributed by atoms with E-state index in [4.69, 9.17) is 14.6 Å². The molecule has 0 fully saturated rings. The summed E-state index contributed by atoms with van der Waals surface area (Å²) < 4.78 is 24.3. The number of carbonyl (C=O) groups is 1. The summed E-state index contributed by atoms with van der Waals surface area (Å²) in [4.78, 5) is 10.8. The second-order valence-corrected chi connectivity index (χ2v) is 4.42. The third-order valence-electron chi connectivity index (χ3n) is 2.96. The Morgan fingerprint density at radius 3 is 2.62 bits per heavy atom. The minimum atomic E-state index is -0.943. The number of ether oxygens (including phenoxy) is 2. The lowest BCUT2D eigenvalue weighted by molar-refractivity contribution is -0.136. The SMILES string of the molecule is COc1ccc(COc2ccccc2CC(=O)O)c(F)c1. The van der Waals surface area contributed by atoms with Gasteiger partial charge < -0.3 is 14.6 Å². The number of benzene rings is 2. The van der Waals surface area contributed by atoms with E-state index >= 15 is 0 Å². The number of para-hydroxylation sites is 1. The Balaban J connectivity index is 2.11. The second-order valence-electron chi connectivity index (χ2n) is 4.42. The molecule has 0 saturated heterocycles. The molecule has 0 heterocycles. The lowest BCUT2D eigenvalue weighted by Gasteiger charge is -2.11. The highest BCUT2D eigenvalue weighted by molar-refractivity contribution is 5.71. The Bertz CT molecular complexity index is 640. The van der Waals surface area contributed by atoms with E-state index in [0.29, 0.717) is 22.6 Å². The van der Waals surface area contributed by atoms with Gasteiger partial charge >= 0.3 is 5.97 Å². The highest BCUT2D eigenvalue weighted by Crippen LogP contribution is 2.22. The van der Waals surface area contributed by atoms with Crippen molar-refractivity contribution in [3.05, 3.63) is 59.4 Å². The van der Waals surface area contributed by atoms with Crippen molar-refractivity contribution >= 4 is 5.97 Å². The number of carboxylic acids is 1. The van der Waals surface area contributed by atoms with Crippen molar-refractivity contribution in [3.8, 4) is 11.5 Å². The lowest BCUT2D eigenvalue weighted by Crippen LogP contribution is -2.05. The minimum absolute atomic E-state index is 0.0203. The molecule has 21 heavy (non-hydrogen) atoms. The first-order valence-electron chi connectivity index (χ1n) is 6.35. The number of aliphatic carboxylic acids is 1. The molecule has 2 aromatic rings. The van der Waals surface area contributed by atoms with Crippen LogP contribution in [0.4, 0.5) is 4.39 Å². The van der Waals surface area contributed by atoms with Gasteiger partial charge in [0, 0.05) is 17.2 Å². The number of hydrogen-bond acceptors (Lipinski definition) is 3. The van der Waals surface area contributed by atoms with Crippen LogP contribution in [0.5, 0.6) is 11.5 Å². The smallest absolute Gasteiger partial charge is 0.307 e. The Morgan fingerprint density at radius 2 is 1.95 bits per heavy atom. The van der Waals surface area contributed by atoms with E-state index < -0.39 is 11.8 Å². The average Bonchev–Trinajstić information content (AvgIpc) is 2.46. The molecule has 0 aliphatic rings. The zero-order chi connectivity index (χ0) is 15.2. The molecule has 0 aliphatic carbocycles. The van der Waals surface area contributed by atoms with Gasteiger partial charge in [0.15, 0.2) is 0 Å². The molecule has 1 N–H and O–H groups in total. The number of rotatable bonds is 6. The second kappa shape index (κ2) is 6.74. The first kappa shape index (κ1) is 14.8. The van der Waals surface area contributed by atoms with Crippen LogP contribution < -0.4 is 9.47 Å². The van der Waals surface area contributed by atoms with Crippen LogP contribution in [0.3, 0.4) is 0 Å². The van der Waals surface area contributed by atoms with Gasteiger partial charge in [-0.05, 0) is 18.2 Å². The largest absolute Gasteiger partial charge is 0.497 e. The summed E-state index contributed by atoms with van der Waals surface area (Å²) in [5.41, 5.74) is 0.930. The van der Waals surface area contributed by atoms with Crippen LogP contribution in [-0.4, -0.2) is 18.2 Å². The fourth-order valence-electron chi connectivity index (χ4n) is 1.88. The number of halogens is 1. The highest BCUT2D eigenvalue weighted by Gasteiger charge is 2.09. The van der Waals surface area contributed by atoms with Crippen LogP contribution in [0.2, 0.25) is 0 Å². The van der Waals surface area contributed by atoms with Crippen LogP contribution in [0.25, 0.3) is 0 Å². The van der Waals surface area contributed by atoms with Crippen molar-refractivity contribution in [2.75, 3.05) is 7.11 Å². The van der Waals surface area contributed by atoms with E-state index in [-0.39, 0.29) is 13.0 Å². The predicted molar refractivity (Wildman–Crippen MR) is 75.1 cm³/mol. The summed E-state index contributed by atoms with van der Waals surface area (Å²) in [6.45, 7) is 0.0203. The molecule has 110 valence electrons. The molecule has 0 spiro atoms. The van der Waals surface area contributed by atoms with Crippen molar-refractivity contribution in [1.29, 1.82) is 0 Å². The van der Waals surface area contributed by atoms with E-state index in [0.717, 1.165) is 0 Å². The van der Waals surface area contributed by atoms with Gasteiger partial charge in [0.05, 0.1) is 13.5 Å². The molecular weight excluding hydrogens is 275 g/mol. The fraction of sp³-hybridized carbons (Fsp3) is 0.188. The molecule has 0 aromatic heterocycles. The van der Waals surface area contributed by atoms with E-state index in [2.05, 4.69) is 0 Å². The molecule has 0 radical (unpaired) electrons. The van der Waals surface area contributed by atoms with E-state index in [1.54, 1.807) is 36.4 Å². The summed E-state index contributed by atoms with van der Waals surface area (Å²) in [7, 11) is 1.47. The lowest BCUT2D eigenvalue weighted by atomic mass is 10.1. The highest BCUT2D eigenvalue weighted by atomic mass is 19.1. The normalized spacial score (nSPS) is 10.2. The van der Waals surface area contributed by atoms with Crippen LogP contribution in [-0.2, 0) is 17.8 Å². The molecule has 0 bridgehead atoms. The third-order valence-corrected chi connectivity index (χ3v) is 2.96. The maximum atomic E-state index is 13.8. The number of carboxylic acid groups (broad SMARTS) is 1. The van der Waals surface area contributed by atoms with Crippen LogP contribution in [0.1, 0.15) is 11.1 Å². The molecular formula is C16H15FO4. The van der Waals surface area contributed by atoms with Crippen LogP contribution in [0.15, 0.2) is 42.5 Å². The molecule has 0 amide bonds. The Hall–Kier alpha value is -2.56. The maximum Gasteiger partial charge on any atom is 0.307 e. The van der Waals surface area contributed by atoms with Gasteiger partial charge in [-0.3, -0.25) is 4.79 Å². The van der Waals surface area contributed by atoms with Gasteiger partial charge in [0.2, 0.25) is 0 Å². The molecule has 5 heteroatoms. The van der Waals surface area contributed by atoms with Crippen LogP contribution in [0, 0.1) is 5.82 Å². The first-order valence-corrected chi connectivity index (χ1v) is 6.35. The fourth-order valence-corrected chi connectivity index (χ4v) is 1.88. The van der Waals surface area contributed by atoms with Crippen LogP contribution >= 0.6 is 0 Å². The van der Waals surface area contributed by atoms with Gasteiger partial charge in [-0.15, -0.1) is 0 Å². The predicted octanol–water partition coefficient (Wildman–Crippen LogP) is 3.04. The van der Waals surface area contributed by atoms with Gasteiger partial charge in [-0.1, -0.05) is 18.2 Å². The van der Waals surface area contributed by atoms with Gasteiger partial charge in [0.1, 0.15) is 23.9 Å². The van der Waals surface area contributed by atoms with Crippen molar-refractivity contribution in [2.24, 2.45) is 0 Å². The van der Waals surface area contributed by atoms with Crippen molar-refractivity contribution in [1.82, 2.24) is 0 Å². The molecule has 0 unspecified atom stereocenters. The molecule has 4 nitrogen and oxygen atoms in total. The monoisotopic (exact) mass is 290 g/mol. The summed E-state index contributed by atoms with van der Waals surface area (Å²) in [5, 5.41) is 8.85. The van der Waals surface area contributed by atoms with Crippen molar-refractivity contribution in [2.45, 2.75) is 13.0 Å². The van der Waals surface area contributed by atoms with Gasteiger partial charge in [0.25, 0.3) is 0 Å². The quantitative estimate of drug-likeness (QED) is 0.888. The van der Waals surface area contributed by atoms with Crippen molar-refractivity contribution < 1.29 is 23.8 Å². The topological polar surface area (TPSA) is 55.8 Å². The minimum Gasteiger partial charge on any atom is -0.497 e. The number of hydrogen-bond donors (Lipinski definition) is 1. The molecule has 0 saturated carbocycles. The molecule has 2 aromatic carbocycles. The molecule has 0 atom stereocenters. The van der Waals surface area contributed by atoms with Gasteiger partial charge in [-0.2, -0.15) is 0 Å².